The molecule has 1 unspecified atom stereocenters. The second-order valence-electron chi connectivity index (χ2n) is 10.5. The van der Waals surface area contributed by atoms with Crippen molar-refractivity contribution in [2.24, 2.45) is 0 Å². The third-order valence-corrected chi connectivity index (χ3v) is 7.86. The minimum atomic E-state index is -1.16. The molecule has 1 aliphatic heterocycles. The quantitative estimate of drug-likeness (QED) is 0.270. The SMILES string of the molecule is Cc1cc2nc(-c3ccnc(C4CCOCC4)n3)sc2c(-c2ccc(Cl)cc2)c1C(OC(C)(C)C)C(=O)O. The summed E-state index contributed by atoms with van der Waals surface area (Å²) in [6, 6.07) is 11.2. The number of aliphatic carboxylic acids is 1. The van der Waals surface area contributed by atoms with Gasteiger partial charge in [0, 0.05) is 41.5 Å². The summed E-state index contributed by atoms with van der Waals surface area (Å²) in [7, 11) is 0. The first-order valence-electron chi connectivity index (χ1n) is 12.6. The van der Waals surface area contributed by atoms with Gasteiger partial charge in [0.15, 0.2) is 6.10 Å². The number of nitrogens with zero attached hydrogens (tertiary/aromatic N) is 3. The maximum atomic E-state index is 12.5. The molecule has 0 bridgehead atoms. The van der Waals surface area contributed by atoms with Crippen LogP contribution in [0.5, 0.6) is 0 Å². The number of hydrogen-bond acceptors (Lipinski definition) is 7. The number of hydrogen-bond donors (Lipinski definition) is 1. The average Bonchev–Trinajstić information content (AvgIpc) is 3.31. The number of carboxylic acids is 1. The van der Waals surface area contributed by atoms with Gasteiger partial charge in [0.05, 0.1) is 15.8 Å². The molecule has 4 aromatic rings. The Morgan fingerprint density at radius 3 is 2.53 bits per heavy atom. The lowest BCUT2D eigenvalue weighted by atomic mass is 9.91. The fraction of sp³-hybridized carbons (Fsp3) is 0.379. The largest absolute Gasteiger partial charge is 0.479 e. The van der Waals surface area contributed by atoms with E-state index in [0.717, 1.165) is 56.3 Å². The summed E-state index contributed by atoms with van der Waals surface area (Å²) in [5.74, 6) is 0.0334. The zero-order valence-electron chi connectivity index (χ0n) is 21.8. The van der Waals surface area contributed by atoms with Crippen molar-refractivity contribution in [3.63, 3.8) is 0 Å². The highest BCUT2D eigenvalue weighted by atomic mass is 35.5. The van der Waals surface area contributed by atoms with Crippen LogP contribution in [0.4, 0.5) is 0 Å². The van der Waals surface area contributed by atoms with Crippen LogP contribution in [0, 0.1) is 6.92 Å². The predicted molar refractivity (Wildman–Crippen MR) is 150 cm³/mol. The number of thiazole rings is 1. The van der Waals surface area contributed by atoms with Gasteiger partial charge in [-0.2, -0.15) is 0 Å². The lowest BCUT2D eigenvalue weighted by Gasteiger charge is -2.28. The van der Waals surface area contributed by atoms with Crippen molar-refractivity contribution in [1.82, 2.24) is 15.0 Å². The molecule has 38 heavy (non-hydrogen) atoms. The number of benzene rings is 2. The highest BCUT2D eigenvalue weighted by Crippen LogP contribution is 2.44. The number of aryl methyl sites for hydroxylation is 1. The van der Waals surface area contributed by atoms with Crippen molar-refractivity contribution in [2.75, 3.05) is 13.2 Å². The normalized spacial score (nSPS) is 15.6. The summed E-state index contributed by atoms with van der Waals surface area (Å²) in [6.45, 7) is 8.90. The Morgan fingerprint density at radius 2 is 1.87 bits per heavy atom. The van der Waals surface area contributed by atoms with E-state index >= 15 is 0 Å². The number of rotatable bonds is 6. The van der Waals surface area contributed by atoms with E-state index in [1.54, 1.807) is 6.20 Å². The van der Waals surface area contributed by atoms with Crippen LogP contribution in [-0.2, 0) is 14.3 Å². The van der Waals surface area contributed by atoms with Gasteiger partial charge in [-0.3, -0.25) is 0 Å². The first-order chi connectivity index (χ1) is 18.1. The van der Waals surface area contributed by atoms with Crippen LogP contribution in [0.25, 0.3) is 32.0 Å². The number of fused-ring (bicyclic) bond motifs is 1. The standard InChI is InChI=1S/C29H30ClN3O4S/c1-16-15-21-25(38-27(33-21)20-9-12-31-26(32-20)18-10-13-36-14-11-18)23(17-5-7-19(30)8-6-17)22(16)24(28(34)35)37-29(2,3)4/h5-9,12,15,18,24H,10-11,13-14H2,1-4H3,(H,34,35). The maximum absolute atomic E-state index is 12.5. The van der Waals surface area contributed by atoms with E-state index in [0.29, 0.717) is 23.8 Å². The molecule has 1 fully saturated rings. The summed E-state index contributed by atoms with van der Waals surface area (Å²) < 4.78 is 12.5. The fourth-order valence-electron chi connectivity index (χ4n) is 4.79. The molecule has 1 saturated heterocycles. The van der Waals surface area contributed by atoms with Crippen molar-refractivity contribution in [3.8, 4) is 21.8 Å². The van der Waals surface area contributed by atoms with E-state index < -0.39 is 17.7 Å². The van der Waals surface area contributed by atoms with Gasteiger partial charge in [-0.1, -0.05) is 23.7 Å². The topological polar surface area (TPSA) is 94.4 Å². The smallest absolute Gasteiger partial charge is 0.337 e. The summed E-state index contributed by atoms with van der Waals surface area (Å²) >= 11 is 7.69. The van der Waals surface area contributed by atoms with Gasteiger partial charge < -0.3 is 14.6 Å². The van der Waals surface area contributed by atoms with Crippen molar-refractivity contribution < 1.29 is 19.4 Å². The van der Waals surface area contributed by atoms with E-state index in [1.807, 2.05) is 64.1 Å². The molecule has 2 aromatic heterocycles. The van der Waals surface area contributed by atoms with Gasteiger partial charge in [0.1, 0.15) is 16.5 Å². The second-order valence-corrected chi connectivity index (χ2v) is 11.9. The number of carboxylic acid groups (broad SMARTS) is 1. The molecule has 1 aliphatic rings. The monoisotopic (exact) mass is 551 g/mol. The van der Waals surface area contributed by atoms with Crippen molar-refractivity contribution in [1.29, 1.82) is 0 Å². The number of aromatic nitrogens is 3. The van der Waals surface area contributed by atoms with Gasteiger partial charge in [0.2, 0.25) is 0 Å². The predicted octanol–water partition coefficient (Wildman–Crippen LogP) is 7.22. The number of carbonyl (C=O) groups is 1. The van der Waals surface area contributed by atoms with Crippen LogP contribution >= 0.6 is 22.9 Å². The van der Waals surface area contributed by atoms with Crippen molar-refractivity contribution in [2.45, 2.75) is 58.2 Å². The molecule has 7 nitrogen and oxygen atoms in total. The Morgan fingerprint density at radius 1 is 1.16 bits per heavy atom. The highest BCUT2D eigenvalue weighted by Gasteiger charge is 2.32. The second kappa shape index (κ2) is 10.7. The summed E-state index contributed by atoms with van der Waals surface area (Å²) in [5, 5.41) is 11.6. The Bertz CT molecular complexity index is 1470. The summed E-state index contributed by atoms with van der Waals surface area (Å²) in [4.78, 5) is 26.9. The van der Waals surface area contributed by atoms with E-state index in [1.165, 1.54) is 11.3 Å². The maximum Gasteiger partial charge on any atom is 0.337 e. The molecular formula is C29H30ClN3O4S. The number of halogens is 1. The van der Waals surface area contributed by atoms with Gasteiger partial charge >= 0.3 is 5.97 Å². The molecule has 0 spiro atoms. The van der Waals surface area contributed by atoms with E-state index in [4.69, 9.17) is 31.0 Å². The van der Waals surface area contributed by atoms with E-state index in [2.05, 4.69) is 4.98 Å². The Balaban J connectivity index is 1.70. The summed E-state index contributed by atoms with van der Waals surface area (Å²) in [6.07, 6.45) is 2.43. The summed E-state index contributed by atoms with van der Waals surface area (Å²) in [5.41, 5.74) is 3.91. The zero-order chi connectivity index (χ0) is 27.0. The lowest BCUT2D eigenvalue weighted by Crippen LogP contribution is -2.28. The molecule has 9 heteroatoms. The fourth-order valence-corrected chi connectivity index (χ4v) is 6.01. The Labute approximate surface area is 230 Å². The third-order valence-electron chi connectivity index (χ3n) is 6.50. The molecule has 0 radical (unpaired) electrons. The molecule has 3 heterocycles. The minimum absolute atomic E-state index is 0.266. The van der Waals surface area contributed by atoms with E-state index in [-0.39, 0.29) is 5.92 Å². The van der Waals surface area contributed by atoms with Gasteiger partial charge in [-0.05, 0) is 75.9 Å². The minimum Gasteiger partial charge on any atom is -0.479 e. The Kier molecular flexibility index (Phi) is 7.51. The molecule has 1 N–H and O–H groups in total. The lowest BCUT2D eigenvalue weighted by molar-refractivity contribution is -0.160. The highest BCUT2D eigenvalue weighted by molar-refractivity contribution is 7.22. The first kappa shape index (κ1) is 26.7. The molecule has 0 amide bonds. The zero-order valence-corrected chi connectivity index (χ0v) is 23.4. The molecule has 198 valence electrons. The average molecular weight is 552 g/mol. The van der Waals surface area contributed by atoms with Crippen LogP contribution in [0.3, 0.4) is 0 Å². The van der Waals surface area contributed by atoms with Gasteiger partial charge in [-0.15, -0.1) is 11.3 Å². The Hall–Kier alpha value is -2.91. The van der Waals surface area contributed by atoms with E-state index in [9.17, 15) is 9.90 Å². The van der Waals surface area contributed by atoms with Gasteiger partial charge in [-0.25, -0.2) is 19.7 Å². The molecular weight excluding hydrogens is 522 g/mol. The molecule has 2 aromatic carbocycles. The molecule has 0 aliphatic carbocycles. The van der Waals surface area contributed by atoms with Crippen LogP contribution in [-0.4, -0.2) is 44.8 Å². The van der Waals surface area contributed by atoms with Crippen LogP contribution in [0.1, 0.15) is 62.6 Å². The van der Waals surface area contributed by atoms with Crippen molar-refractivity contribution in [3.05, 3.63) is 64.6 Å². The third kappa shape index (κ3) is 5.59. The molecule has 5 rings (SSSR count). The van der Waals surface area contributed by atoms with Crippen LogP contribution in [0.15, 0.2) is 42.6 Å². The first-order valence-corrected chi connectivity index (χ1v) is 13.8. The van der Waals surface area contributed by atoms with Crippen LogP contribution in [0.2, 0.25) is 5.02 Å². The van der Waals surface area contributed by atoms with Crippen LogP contribution < -0.4 is 0 Å². The van der Waals surface area contributed by atoms with Crippen molar-refractivity contribution >= 4 is 39.1 Å². The molecule has 1 atom stereocenters. The molecule has 0 saturated carbocycles. The number of ether oxygens (including phenoxy) is 2. The van der Waals surface area contributed by atoms with Gasteiger partial charge in [0.25, 0.3) is 0 Å².